The van der Waals surface area contributed by atoms with Gasteiger partial charge in [0.05, 0.1) is 12.7 Å². The second-order valence-corrected chi connectivity index (χ2v) is 4.88. The SMILES string of the molecule is C=CCC1C(O)[C@H](CO)O[C@@H]1n1ccc(=S)[nH]c1=O. The zero-order valence-electron chi connectivity index (χ0n) is 10.2. The van der Waals surface area contributed by atoms with Gasteiger partial charge in [-0.15, -0.1) is 6.58 Å². The van der Waals surface area contributed by atoms with Crippen molar-refractivity contribution in [1.82, 2.24) is 9.55 Å². The van der Waals surface area contributed by atoms with Crippen LogP contribution < -0.4 is 5.69 Å². The second kappa shape index (κ2) is 5.79. The highest BCUT2D eigenvalue weighted by atomic mass is 32.1. The van der Waals surface area contributed by atoms with Gasteiger partial charge in [-0.1, -0.05) is 18.3 Å². The number of aliphatic hydroxyl groups is 2. The summed E-state index contributed by atoms with van der Waals surface area (Å²) in [5.74, 6) is -0.336. The van der Waals surface area contributed by atoms with E-state index in [0.29, 0.717) is 11.1 Å². The molecule has 104 valence electrons. The highest BCUT2D eigenvalue weighted by molar-refractivity contribution is 7.71. The number of H-pyrrole nitrogens is 1. The van der Waals surface area contributed by atoms with E-state index in [-0.39, 0.29) is 12.5 Å². The number of aliphatic hydroxyl groups excluding tert-OH is 2. The fourth-order valence-electron chi connectivity index (χ4n) is 2.30. The van der Waals surface area contributed by atoms with Crippen LogP contribution in [0.4, 0.5) is 0 Å². The van der Waals surface area contributed by atoms with Crippen LogP contribution >= 0.6 is 12.2 Å². The summed E-state index contributed by atoms with van der Waals surface area (Å²) < 4.78 is 7.22. The van der Waals surface area contributed by atoms with Crippen LogP contribution in [0, 0.1) is 10.6 Å². The molecule has 2 heterocycles. The summed E-state index contributed by atoms with van der Waals surface area (Å²) in [6.45, 7) is 3.33. The van der Waals surface area contributed by atoms with E-state index in [2.05, 4.69) is 11.6 Å². The highest BCUT2D eigenvalue weighted by Crippen LogP contribution is 2.36. The minimum Gasteiger partial charge on any atom is -0.394 e. The lowest BCUT2D eigenvalue weighted by Crippen LogP contribution is -2.31. The number of aromatic amines is 1. The zero-order chi connectivity index (χ0) is 14.0. The summed E-state index contributed by atoms with van der Waals surface area (Å²) in [6, 6.07) is 1.57. The van der Waals surface area contributed by atoms with Crippen molar-refractivity contribution in [3.63, 3.8) is 0 Å². The number of hydrogen-bond acceptors (Lipinski definition) is 5. The molecule has 1 aromatic heterocycles. The Balaban J connectivity index is 2.38. The van der Waals surface area contributed by atoms with Crippen molar-refractivity contribution in [1.29, 1.82) is 0 Å². The van der Waals surface area contributed by atoms with Crippen LogP contribution in [0.25, 0.3) is 0 Å². The molecule has 1 aliphatic heterocycles. The Morgan fingerprint density at radius 1 is 1.63 bits per heavy atom. The van der Waals surface area contributed by atoms with Gasteiger partial charge >= 0.3 is 5.69 Å². The van der Waals surface area contributed by atoms with Gasteiger partial charge in [-0.3, -0.25) is 9.55 Å². The maximum atomic E-state index is 11.9. The second-order valence-electron chi connectivity index (χ2n) is 4.44. The van der Waals surface area contributed by atoms with Crippen LogP contribution in [0.2, 0.25) is 0 Å². The Hall–Kier alpha value is -1.28. The topological polar surface area (TPSA) is 87.5 Å². The van der Waals surface area contributed by atoms with Gasteiger partial charge in [0.1, 0.15) is 17.0 Å². The summed E-state index contributed by atoms with van der Waals surface area (Å²) >= 11 is 4.87. The molecule has 0 radical (unpaired) electrons. The first-order valence-electron chi connectivity index (χ1n) is 5.95. The van der Waals surface area contributed by atoms with Gasteiger partial charge in [-0.25, -0.2) is 4.79 Å². The van der Waals surface area contributed by atoms with E-state index in [0.717, 1.165) is 0 Å². The van der Waals surface area contributed by atoms with Gasteiger partial charge in [0.15, 0.2) is 0 Å². The molecule has 0 saturated carbocycles. The lowest BCUT2D eigenvalue weighted by Gasteiger charge is -2.20. The molecule has 3 N–H and O–H groups in total. The number of aromatic nitrogens is 2. The minimum absolute atomic E-state index is 0.303. The van der Waals surface area contributed by atoms with Gasteiger partial charge in [0, 0.05) is 12.1 Å². The van der Waals surface area contributed by atoms with Crippen molar-refractivity contribution in [2.75, 3.05) is 6.61 Å². The average molecular weight is 284 g/mol. The predicted octanol–water partition coefficient (Wildman–Crippen LogP) is 0.349. The number of ether oxygens (including phenoxy) is 1. The molecule has 0 aromatic carbocycles. The number of nitrogens with one attached hydrogen (secondary N) is 1. The van der Waals surface area contributed by atoms with Crippen molar-refractivity contribution in [3.8, 4) is 0 Å². The largest absolute Gasteiger partial charge is 0.394 e. The van der Waals surface area contributed by atoms with Crippen LogP contribution in [0.3, 0.4) is 0 Å². The fraction of sp³-hybridized carbons (Fsp3) is 0.500. The highest BCUT2D eigenvalue weighted by Gasteiger charge is 2.43. The monoisotopic (exact) mass is 284 g/mol. The van der Waals surface area contributed by atoms with Crippen molar-refractivity contribution in [2.24, 2.45) is 5.92 Å². The minimum atomic E-state index is -0.844. The van der Waals surface area contributed by atoms with Crippen LogP contribution in [-0.4, -0.2) is 38.6 Å². The summed E-state index contributed by atoms with van der Waals surface area (Å²) in [4.78, 5) is 14.4. The molecule has 1 aliphatic rings. The Morgan fingerprint density at radius 3 is 2.95 bits per heavy atom. The van der Waals surface area contributed by atoms with Gasteiger partial charge in [0.25, 0.3) is 0 Å². The molecular weight excluding hydrogens is 268 g/mol. The van der Waals surface area contributed by atoms with Crippen LogP contribution in [0.5, 0.6) is 0 Å². The van der Waals surface area contributed by atoms with Gasteiger partial charge in [0.2, 0.25) is 0 Å². The maximum Gasteiger partial charge on any atom is 0.328 e. The first-order chi connectivity index (χ1) is 9.08. The van der Waals surface area contributed by atoms with Crippen molar-refractivity contribution in [3.05, 3.63) is 40.0 Å². The van der Waals surface area contributed by atoms with E-state index in [1.54, 1.807) is 12.1 Å². The average Bonchev–Trinajstić information content (AvgIpc) is 2.68. The molecule has 0 spiro atoms. The van der Waals surface area contributed by atoms with Crippen molar-refractivity contribution >= 4 is 12.2 Å². The molecule has 0 aliphatic carbocycles. The van der Waals surface area contributed by atoms with E-state index in [1.807, 2.05) is 0 Å². The van der Waals surface area contributed by atoms with E-state index in [9.17, 15) is 15.0 Å². The van der Waals surface area contributed by atoms with Crippen molar-refractivity contribution < 1.29 is 14.9 Å². The summed E-state index contributed by atoms with van der Waals surface area (Å²) in [7, 11) is 0. The molecule has 2 rings (SSSR count). The molecule has 1 saturated heterocycles. The summed E-state index contributed by atoms with van der Waals surface area (Å²) in [5, 5.41) is 19.3. The lowest BCUT2D eigenvalue weighted by atomic mass is 9.96. The van der Waals surface area contributed by atoms with E-state index < -0.39 is 24.1 Å². The van der Waals surface area contributed by atoms with E-state index in [4.69, 9.17) is 17.0 Å². The third kappa shape index (κ3) is 2.69. The smallest absolute Gasteiger partial charge is 0.328 e. The molecule has 6 nitrogen and oxygen atoms in total. The van der Waals surface area contributed by atoms with Crippen molar-refractivity contribution in [2.45, 2.75) is 24.9 Å². The molecule has 0 bridgehead atoms. The standard InChI is InChI=1S/C12H16N2O4S/c1-2-3-7-10(16)8(6-15)18-11(7)14-5-4-9(19)13-12(14)17/h2,4-5,7-8,10-11,15-16H,1,3,6H2,(H,13,17,19)/t7?,8-,10?,11-/m0/s1. The fourth-order valence-corrected chi connectivity index (χ4v) is 2.45. The first kappa shape index (κ1) is 14.1. The molecule has 0 amide bonds. The van der Waals surface area contributed by atoms with Crippen LogP contribution in [0.1, 0.15) is 12.6 Å². The summed E-state index contributed by atoms with van der Waals surface area (Å²) in [5.41, 5.74) is -0.405. The zero-order valence-corrected chi connectivity index (χ0v) is 11.0. The van der Waals surface area contributed by atoms with Gasteiger partial charge in [-0.05, 0) is 12.5 Å². The van der Waals surface area contributed by atoms with Gasteiger partial charge in [-0.2, -0.15) is 0 Å². The van der Waals surface area contributed by atoms with E-state index >= 15 is 0 Å². The number of rotatable bonds is 4. The lowest BCUT2D eigenvalue weighted by molar-refractivity contribution is -0.0480. The normalized spacial score (nSPS) is 30.4. The first-order valence-corrected chi connectivity index (χ1v) is 6.36. The van der Waals surface area contributed by atoms with Crippen LogP contribution in [0.15, 0.2) is 29.7 Å². The predicted molar refractivity (Wildman–Crippen MR) is 71.2 cm³/mol. The Bertz CT molecular complexity index is 567. The molecule has 7 heteroatoms. The maximum absolute atomic E-state index is 11.9. The van der Waals surface area contributed by atoms with E-state index in [1.165, 1.54) is 10.8 Å². The Labute approximate surface area is 115 Å². The van der Waals surface area contributed by atoms with Crippen LogP contribution in [-0.2, 0) is 4.74 Å². The number of nitrogens with zero attached hydrogens (tertiary/aromatic N) is 1. The van der Waals surface area contributed by atoms with Gasteiger partial charge < -0.3 is 14.9 Å². The molecular formula is C12H16N2O4S. The molecule has 1 fully saturated rings. The Kier molecular flexibility index (Phi) is 4.31. The quantitative estimate of drug-likeness (QED) is 0.548. The Morgan fingerprint density at radius 2 is 2.37 bits per heavy atom. The molecule has 2 unspecified atom stereocenters. The number of allylic oxidation sites excluding steroid dienone is 1. The molecule has 19 heavy (non-hydrogen) atoms. The molecule has 4 atom stereocenters. The molecule has 1 aromatic rings. The number of hydrogen-bond donors (Lipinski definition) is 3. The third-order valence-electron chi connectivity index (χ3n) is 3.24. The third-order valence-corrected chi connectivity index (χ3v) is 3.48. The summed E-state index contributed by atoms with van der Waals surface area (Å²) in [6.07, 6.45) is 1.46.